The van der Waals surface area contributed by atoms with Gasteiger partial charge in [-0.05, 0) is 17.7 Å². The summed E-state index contributed by atoms with van der Waals surface area (Å²) in [4.78, 5) is 0. The SMILES string of the molecule is OCc1cccc(OCc2nnc(-c3ccccc3)s2)c1. The second-order valence-electron chi connectivity index (χ2n) is 4.46. The zero-order chi connectivity index (χ0) is 14.5. The van der Waals surface area contributed by atoms with Crippen molar-refractivity contribution in [2.45, 2.75) is 13.2 Å². The summed E-state index contributed by atoms with van der Waals surface area (Å²) in [6.45, 7) is 0.382. The molecule has 0 fully saturated rings. The normalized spacial score (nSPS) is 10.5. The molecule has 0 radical (unpaired) electrons. The van der Waals surface area contributed by atoms with Crippen molar-refractivity contribution in [3.8, 4) is 16.3 Å². The highest BCUT2D eigenvalue weighted by atomic mass is 32.1. The van der Waals surface area contributed by atoms with Crippen LogP contribution in [0.1, 0.15) is 10.6 Å². The molecule has 0 bridgehead atoms. The van der Waals surface area contributed by atoms with Crippen molar-refractivity contribution >= 4 is 11.3 Å². The van der Waals surface area contributed by atoms with Crippen molar-refractivity contribution < 1.29 is 9.84 Å². The molecule has 0 amide bonds. The van der Waals surface area contributed by atoms with E-state index in [1.165, 1.54) is 11.3 Å². The average Bonchev–Trinajstić information content (AvgIpc) is 3.03. The molecule has 0 aliphatic heterocycles. The van der Waals surface area contributed by atoms with Gasteiger partial charge in [-0.15, -0.1) is 10.2 Å². The van der Waals surface area contributed by atoms with Crippen LogP contribution in [0, 0.1) is 0 Å². The Balaban J connectivity index is 1.67. The van der Waals surface area contributed by atoms with Crippen molar-refractivity contribution in [1.29, 1.82) is 0 Å². The Bertz CT molecular complexity index is 713. The molecule has 106 valence electrons. The van der Waals surface area contributed by atoms with E-state index in [0.717, 1.165) is 26.9 Å². The highest BCUT2D eigenvalue weighted by Gasteiger charge is 2.07. The molecular weight excluding hydrogens is 284 g/mol. The lowest BCUT2D eigenvalue weighted by atomic mass is 10.2. The van der Waals surface area contributed by atoms with Gasteiger partial charge in [-0.25, -0.2) is 0 Å². The van der Waals surface area contributed by atoms with E-state index < -0.39 is 0 Å². The summed E-state index contributed by atoms with van der Waals surface area (Å²) in [7, 11) is 0. The quantitative estimate of drug-likeness (QED) is 0.785. The minimum atomic E-state index is 0.00810. The maximum atomic E-state index is 9.10. The van der Waals surface area contributed by atoms with Crippen molar-refractivity contribution in [2.75, 3.05) is 0 Å². The lowest BCUT2D eigenvalue weighted by Crippen LogP contribution is -1.95. The number of hydrogen-bond acceptors (Lipinski definition) is 5. The van der Waals surface area contributed by atoms with Crippen LogP contribution in [0.4, 0.5) is 0 Å². The number of benzene rings is 2. The summed E-state index contributed by atoms with van der Waals surface area (Å²) in [6.07, 6.45) is 0. The molecule has 21 heavy (non-hydrogen) atoms. The van der Waals surface area contributed by atoms with Gasteiger partial charge in [0.05, 0.1) is 6.61 Å². The van der Waals surface area contributed by atoms with Crippen molar-refractivity contribution in [3.05, 3.63) is 65.2 Å². The fraction of sp³-hybridized carbons (Fsp3) is 0.125. The molecule has 0 saturated carbocycles. The van der Waals surface area contributed by atoms with Gasteiger partial charge in [0.2, 0.25) is 0 Å². The molecule has 1 heterocycles. The number of ether oxygens (including phenoxy) is 1. The monoisotopic (exact) mass is 298 g/mol. The molecule has 3 aromatic rings. The van der Waals surface area contributed by atoms with E-state index in [4.69, 9.17) is 9.84 Å². The summed E-state index contributed by atoms with van der Waals surface area (Å²) < 4.78 is 5.68. The first-order valence-electron chi connectivity index (χ1n) is 6.55. The summed E-state index contributed by atoms with van der Waals surface area (Å²) in [5.74, 6) is 0.720. The zero-order valence-corrected chi connectivity index (χ0v) is 12.1. The van der Waals surface area contributed by atoms with Gasteiger partial charge >= 0.3 is 0 Å². The second-order valence-corrected chi connectivity index (χ2v) is 5.52. The predicted molar refractivity (Wildman–Crippen MR) is 82.0 cm³/mol. The molecule has 3 rings (SSSR count). The molecule has 1 N–H and O–H groups in total. The molecule has 1 aromatic heterocycles. The van der Waals surface area contributed by atoms with Gasteiger partial charge in [0.25, 0.3) is 0 Å². The molecule has 0 saturated heterocycles. The molecule has 4 nitrogen and oxygen atoms in total. The Morgan fingerprint density at radius 3 is 2.67 bits per heavy atom. The topological polar surface area (TPSA) is 55.2 Å². The van der Waals surface area contributed by atoms with Gasteiger partial charge in [0, 0.05) is 5.56 Å². The van der Waals surface area contributed by atoms with Crippen molar-refractivity contribution in [2.24, 2.45) is 0 Å². The number of aliphatic hydroxyl groups excluding tert-OH is 1. The molecule has 0 unspecified atom stereocenters. The first-order valence-corrected chi connectivity index (χ1v) is 7.37. The molecule has 2 aromatic carbocycles. The fourth-order valence-electron chi connectivity index (χ4n) is 1.89. The third-order valence-corrected chi connectivity index (χ3v) is 3.88. The number of aliphatic hydroxyl groups is 1. The van der Waals surface area contributed by atoms with Gasteiger partial charge in [-0.1, -0.05) is 53.8 Å². The first kappa shape index (κ1) is 13.7. The molecule has 0 atom stereocenters. The molecule has 0 spiro atoms. The highest BCUT2D eigenvalue weighted by molar-refractivity contribution is 7.14. The minimum absolute atomic E-state index is 0.00810. The smallest absolute Gasteiger partial charge is 0.155 e. The van der Waals surface area contributed by atoms with Crippen molar-refractivity contribution in [1.82, 2.24) is 10.2 Å². The molecule has 0 aliphatic rings. The second kappa shape index (κ2) is 6.47. The van der Waals surface area contributed by atoms with Gasteiger partial charge in [-0.3, -0.25) is 0 Å². The van der Waals surface area contributed by atoms with Crippen molar-refractivity contribution in [3.63, 3.8) is 0 Å². The van der Waals surface area contributed by atoms with E-state index in [1.54, 1.807) is 0 Å². The number of hydrogen-bond donors (Lipinski definition) is 1. The molecule has 5 heteroatoms. The summed E-state index contributed by atoms with van der Waals surface area (Å²) in [5, 5.41) is 19.1. The highest BCUT2D eigenvalue weighted by Crippen LogP contribution is 2.24. The number of nitrogens with zero attached hydrogens (tertiary/aromatic N) is 2. The average molecular weight is 298 g/mol. The van der Waals surface area contributed by atoms with E-state index in [1.807, 2.05) is 54.6 Å². The van der Waals surface area contributed by atoms with E-state index in [-0.39, 0.29) is 6.61 Å². The Labute approximate surface area is 126 Å². The predicted octanol–water partition coefficient (Wildman–Crippen LogP) is 3.28. The summed E-state index contributed by atoms with van der Waals surface area (Å²) >= 11 is 1.52. The van der Waals surface area contributed by atoms with Gasteiger partial charge in [0.15, 0.2) is 5.01 Å². The van der Waals surface area contributed by atoms with E-state index in [2.05, 4.69) is 10.2 Å². The van der Waals surface area contributed by atoms with Crippen LogP contribution in [-0.4, -0.2) is 15.3 Å². The van der Waals surface area contributed by atoms with Crippen LogP contribution >= 0.6 is 11.3 Å². The maximum absolute atomic E-state index is 9.10. The summed E-state index contributed by atoms with van der Waals surface area (Å²) in [6, 6.07) is 17.3. The van der Waals surface area contributed by atoms with Crippen LogP contribution in [0.2, 0.25) is 0 Å². The van der Waals surface area contributed by atoms with E-state index >= 15 is 0 Å². The minimum Gasteiger partial charge on any atom is -0.486 e. The molecule has 0 aliphatic carbocycles. The Kier molecular flexibility index (Phi) is 4.23. The standard InChI is InChI=1S/C16H14N2O2S/c19-10-12-5-4-8-14(9-12)20-11-15-17-18-16(21-15)13-6-2-1-3-7-13/h1-9,19H,10-11H2. The lowest BCUT2D eigenvalue weighted by molar-refractivity contribution is 0.278. The Morgan fingerprint density at radius 2 is 1.86 bits per heavy atom. The Hall–Kier alpha value is -2.24. The van der Waals surface area contributed by atoms with Crippen LogP contribution in [0.25, 0.3) is 10.6 Å². The fourth-order valence-corrected chi connectivity index (χ4v) is 2.65. The van der Waals surface area contributed by atoms with Crippen LogP contribution in [0.5, 0.6) is 5.75 Å². The van der Waals surface area contributed by atoms with E-state index in [0.29, 0.717) is 6.61 Å². The summed E-state index contributed by atoms with van der Waals surface area (Å²) in [5.41, 5.74) is 1.89. The van der Waals surface area contributed by atoms with Gasteiger partial charge < -0.3 is 9.84 Å². The Morgan fingerprint density at radius 1 is 1.00 bits per heavy atom. The van der Waals surface area contributed by atoms with Crippen LogP contribution in [-0.2, 0) is 13.2 Å². The largest absolute Gasteiger partial charge is 0.486 e. The lowest BCUT2D eigenvalue weighted by Gasteiger charge is -2.04. The maximum Gasteiger partial charge on any atom is 0.155 e. The van der Waals surface area contributed by atoms with Crippen LogP contribution < -0.4 is 4.74 Å². The van der Waals surface area contributed by atoms with E-state index in [9.17, 15) is 0 Å². The van der Waals surface area contributed by atoms with Crippen LogP contribution in [0.15, 0.2) is 54.6 Å². The third-order valence-electron chi connectivity index (χ3n) is 2.93. The number of aromatic nitrogens is 2. The number of rotatable bonds is 5. The first-order chi connectivity index (χ1) is 10.3. The zero-order valence-electron chi connectivity index (χ0n) is 11.3. The molecular formula is C16H14N2O2S. The van der Waals surface area contributed by atoms with Gasteiger partial charge in [-0.2, -0.15) is 0 Å². The van der Waals surface area contributed by atoms with Gasteiger partial charge in [0.1, 0.15) is 17.4 Å². The van der Waals surface area contributed by atoms with Crippen LogP contribution in [0.3, 0.4) is 0 Å². The third kappa shape index (κ3) is 3.45.